The highest BCUT2D eigenvalue weighted by Gasteiger charge is 2.28. The van der Waals surface area contributed by atoms with E-state index in [0.717, 1.165) is 12.1 Å². The average molecular weight is 389 g/mol. The van der Waals surface area contributed by atoms with Gasteiger partial charge in [0.25, 0.3) is 0 Å². The maximum Gasteiger partial charge on any atom is 0.422 e. The van der Waals surface area contributed by atoms with Crippen LogP contribution in [0.3, 0.4) is 0 Å². The average Bonchev–Trinajstić information content (AvgIpc) is 2.61. The molecule has 3 rings (SSSR count). The molecule has 1 aromatic carbocycles. The summed E-state index contributed by atoms with van der Waals surface area (Å²) in [7, 11) is 0. The zero-order valence-electron chi connectivity index (χ0n) is 13.5. The first kappa shape index (κ1) is 18.7. The van der Waals surface area contributed by atoms with Crippen molar-refractivity contribution >= 4 is 23.2 Å². The molecule has 0 aliphatic carbocycles. The van der Waals surface area contributed by atoms with Crippen molar-refractivity contribution in [2.45, 2.75) is 12.3 Å². The lowest BCUT2D eigenvalue weighted by molar-refractivity contribution is -0.154. The number of alkyl halides is 3. The number of hydrogen-bond donors (Lipinski definition) is 2. The van der Waals surface area contributed by atoms with Crippen molar-refractivity contribution < 1.29 is 22.6 Å². The largest absolute Gasteiger partial charge is 0.468 e. The molecular weight excluding hydrogens is 373 g/mol. The lowest BCUT2D eigenvalue weighted by atomic mass is 10.1. The molecule has 1 aliphatic heterocycles. The van der Waals surface area contributed by atoms with E-state index in [2.05, 4.69) is 25.3 Å². The molecular formula is C16H16ClF3N4O2. The third-order valence-corrected chi connectivity index (χ3v) is 3.87. The number of nitrogens with one attached hydrogen (secondary N) is 2. The molecule has 2 aromatic rings. The molecule has 0 saturated carbocycles. The van der Waals surface area contributed by atoms with Gasteiger partial charge in [0.05, 0.1) is 12.7 Å². The molecule has 2 N–H and O–H groups in total. The van der Waals surface area contributed by atoms with Crippen LogP contribution in [0.5, 0.6) is 5.88 Å². The summed E-state index contributed by atoms with van der Waals surface area (Å²) in [6, 6.07) is 6.53. The normalized spacial score (nSPS) is 17.8. The highest BCUT2D eigenvalue weighted by atomic mass is 35.5. The molecule has 0 unspecified atom stereocenters. The minimum atomic E-state index is -4.43. The quantitative estimate of drug-likeness (QED) is 0.817. The zero-order chi connectivity index (χ0) is 18.6. The fourth-order valence-corrected chi connectivity index (χ4v) is 2.70. The van der Waals surface area contributed by atoms with Gasteiger partial charge in [-0.25, -0.2) is 4.98 Å². The molecule has 140 valence electrons. The second-order valence-corrected chi connectivity index (χ2v) is 5.95. The number of morpholine rings is 1. The maximum absolute atomic E-state index is 12.2. The molecule has 1 fully saturated rings. The molecule has 1 saturated heterocycles. The Hall–Kier alpha value is -2.10. The van der Waals surface area contributed by atoms with Crippen LogP contribution in [-0.2, 0) is 4.74 Å². The topological polar surface area (TPSA) is 68.3 Å². The second-order valence-electron chi connectivity index (χ2n) is 5.55. The molecule has 1 aromatic heterocycles. The zero-order valence-corrected chi connectivity index (χ0v) is 14.3. The van der Waals surface area contributed by atoms with Crippen molar-refractivity contribution in [1.82, 2.24) is 15.3 Å². The molecule has 26 heavy (non-hydrogen) atoms. The van der Waals surface area contributed by atoms with Crippen molar-refractivity contribution in [2.24, 2.45) is 0 Å². The number of benzene rings is 1. The first-order valence-electron chi connectivity index (χ1n) is 7.82. The van der Waals surface area contributed by atoms with Crippen LogP contribution in [0.2, 0.25) is 5.02 Å². The van der Waals surface area contributed by atoms with Crippen molar-refractivity contribution in [3.8, 4) is 5.88 Å². The van der Waals surface area contributed by atoms with Gasteiger partial charge in [-0.1, -0.05) is 17.7 Å². The molecule has 0 spiro atoms. The van der Waals surface area contributed by atoms with Crippen molar-refractivity contribution in [3.05, 3.63) is 41.0 Å². The van der Waals surface area contributed by atoms with Crippen LogP contribution in [0.25, 0.3) is 0 Å². The summed E-state index contributed by atoms with van der Waals surface area (Å²) in [5.74, 6) is -0.0757. The van der Waals surface area contributed by atoms with E-state index in [0.29, 0.717) is 23.9 Å². The van der Waals surface area contributed by atoms with Crippen LogP contribution in [0, 0.1) is 0 Å². The van der Waals surface area contributed by atoms with Crippen LogP contribution in [-0.4, -0.2) is 42.4 Å². The van der Waals surface area contributed by atoms with Crippen LogP contribution >= 0.6 is 11.6 Å². The van der Waals surface area contributed by atoms with Gasteiger partial charge in [-0.2, -0.15) is 18.2 Å². The van der Waals surface area contributed by atoms with E-state index >= 15 is 0 Å². The lowest BCUT2D eigenvalue weighted by Crippen LogP contribution is -2.33. The predicted molar refractivity (Wildman–Crippen MR) is 89.9 cm³/mol. The number of rotatable bonds is 5. The van der Waals surface area contributed by atoms with Crippen LogP contribution in [0.15, 0.2) is 30.5 Å². The second kappa shape index (κ2) is 8.07. The Morgan fingerprint density at radius 2 is 2.19 bits per heavy atom. The van der Waals surface area contributed by atoms with Gasteiger partial charge >= 0.3 is 6.18 Å². The van der Waals surface area contributed by atoms with Crippen LogP contribution in [0.4, 0.5) is 24.8 Å². The van der Waals surface area contributed by atoms with Crippen molar-refractivity contribution in [3.63, 3.8) is 0 Å². The minimum absolute atomic E-state index is 0.101. The number of aromatic nitrogens is 2. The molecule has 1 atom stereocenters. The number of ether oxygens (including phenoxy) is 2. The molecule has 10 heteroatoms. The highest BCUT2D eigenvalue weighted by molar-refractivity contribution is 6.31. The first-order valence-corrected chi connectivity index (χ1v) is 8.20. The molecule has 1 aliphatic rings. The van der Waals surface area contributed by atoms with E-state index in [1.807, 2.05) is 6.07 Å². The lowest BCUT2D eigenvalue weighted by Gasteiger charge is -2.25. The Balaban J connectivity index is 1.68. The van der Waals surface area contributed by atoms with Crippen LogP contribution < -0.4 is 15.4 Å². The third-order valence-electron chi connectivity index (χ3n) is 3.54. The summed E-state index contributed by atoms with van der Waals surface area (Å²) in [6.07, 6.45) is -3.25. The van der Waals surface area contributed by atoms with E-state index in [1.54, 1.807) is 12.1 Å². The molecule has 0 amide bonds. The van der Waals surface area contributed by atoms with E-state index in [-0.39, 0.29) is 17.9 Å². The molecule has 0 radical (unpaired) electrons. The Labute approximate surface area is 152 Å². The van der Waals surface area contributed by atoms with Crippen molar-refractivity contribution in [2.75, 3.05) is 31.6 Å². The smallest absolute Gasteiger partial charge is 0.422 e. The standard InChI is InChI=1S/C16H16ClF3N4O2/c17-12-7-10(1-2-11(12)13-8-21-5-6-25-13)23-15-22-4-3-14(24-15)26-9-16(18,19)20/h1-4,7,13,21H,5-6,8-9H2,(H,22,23,24)/t13-/m0/s1. The monoisotopic (exact) mass is 388 g/mol. The van der Waals surface area contributed by atoms with E-state index in [9.17, 15) is 13.2 Å². The Morgan fingerprint density at radius 1 is 1.35 bits per heavy atom. The summed E-state index contributed by atoms with van der Waals surface area (Å²) in [6.45, 7) is 0.672. The van der Waals surface area contributed by atoms with Gasteiger partial charge in [-0.3, -0.25) is 0 Å². The first-order chi connectivity index (χ1) is 12.4. The highest BCUT2D eigenvalue weighted by Crippen LogP contribution is 2.30. The summed E-state index contributed by atoms with van der Waals surface area (Å²) < 4.78 is 46.9. The van der Waals surface area contributed by atoms with Gasteiger partial charge in [-0.15, -0.1) is 0 Å². The fourth-order valence-electron chi connectivity index (χ4n) is 2.40. The van der Waals surface area contributed by atoms with Gasteiger partial charge in [0.15, 0.2) is 6.61 Å². The number of anilines is 2. The molecule has 0 bridgehead atoms. The number of halogens is 4. The predicted octanol–water partition coefficient (Wildman–Crippen LogP) is 3.48. The van der Waals surface area contributed by atoms with E-state index in [1.165, 1.54) is 12.3 Å². The Bertz CT molecular complexity index is 755. The Kier molecular flexibility index (Phi) is 5.80. The van der Waals surface area contributed by atoms with Gasteiger partial charge in [0.1, 0.15) is 0 Å². The van der Waals surface area contributed by atoms with Gasteiger partial charge in [-0.05, 0) is 12.1 Å². The van der Waals surface area contributed by atoms with Gasteiger partial charge < -0.3 is 20.1 Å². The van der Waals surface area contributed by atoms with Gasteiger partial charge in [0, 0.05) is 41.6 Å². The van der Waals surface area contributed by atoms with Crippen molar-refractivity contribution in [1.29, 1.82) is 0 Å². The van der Waals surface area contributed by atoms with E-state index < -0.39 is 12.8 Å². The SMILES string of the molecule is FC(F)(F)COc1ccnc(Nc2ccc([C@@H]3CNCCO3)c(Cl)c2)n1. The maximum atomic E-state index is 12.2. The summed E-state index contributed by atoms with van der Waals surface area (Å²) in [4.78, 5) is 7.85. The molecule has 6 nitrogen and oxygen atoms in total. The third kappa shape index (κ3) is 5.20. The fraction of sp³-hybridized carbons (Fsp3) is 0.375. The summed E-state index contributed by atoms with van der Waals surface area (Å²) in [5, 5.41) is 6.63. The number of nitrogens with zero attached hydrogens (tertiary/aromatic N) is 2. The summed E-state index contributed by atoms with van der Waals surface area (Å²) >= 11 is 6.32. The number of hydrogen-bond acceptors (Lipinski definition) is 6. The Morgan fingerprint density at radius 3 is 2.88 bits per heavy atom. The minimum Gasteiger partial charge on any atom is -0.468 e. The van der Waals surface area contributed by atoms with Gasteiger partial charge in [0.2, 0.25) is 11.8 Å². The molecule has 2 heterocycles. The van der Waals surface area contributed by atoms with E-state index in [4.69, 9.17) is 16.3 Å². The van der Waals surface area contributed by atoms with Crippen LogP contribution in [0.1, 0.15) is 11.7 Å². The summed E-state index contributed by atoms with van der Waals surface area (Å²) in [5.41, 5.74) is 1.45.